The molecular weight excluding hydrogens is 1200 g/mol. The van der Waals surface area contributed by atoms with Gasteiger partial charge in [-0.15, -0.1) is 0 Å². The minimum atomic E-state index is -4.95. The molecule has 91 heavy (non-hydrogen) atoms. The molecule has 0 aliphatic rings. The van der Waals surface area contributed by atoms with Crippen LogP contribution < -0.4 is 0 Å². The van der Waals surface area contributed by atoms with Crippen LogP contribution in [0.15, 0.2) is 0 Å². The number of phosphoric acid groups is 2. The highest BCUT2D eigenvalue weighted by Gasteiger charge is 2.30. The summed E-state index contributed by atoms with van der Waals surface area (Å²) in [7, 11) is -9.89. The van der Waals surface area contributed by atoms with Crippen LogP contribution in [0.5, 0.6) is 0 Å². The minimum Gasteiger partial charge on any atom is -0.462 e. The van der Waals surface area contributed by atoms with Gasteiger partial charge in [0.05, 0.1) is 26.4 Å². The summed E-state index contributed by atoms with van der Waals surface area (Å²) < 4.78 is 68.2. The van der Waals surface area contributed by atoms with Gasteiger partial charge in [-0.2, -0.15) is 0 Å². The third-order valence-corrected chi connectivity index (χ3v) is 18.6. The van der Waals surface area contributed by atoms with E-state index in [4.69, 9.17) is 37.0 Å². The maximum Gasteiger partial charge on any atom is 0.472 e. The van der Waals surface area contributed by atoms with E-state index in [1.807, 2.05) is 0 Å². The van der Waals surface area contributed by atoms with E-state index in [-0.39, 0.29) is 25.7 Å². The van der Waals surface area contributed by atoms with Crippen molar-refractivity contribution in [1.82, 2.24) is 0 Å². The highest BCUT2D eigenvalue weighted by atomic mass is 31.2. The van der Waals surface area contributed by atoms with Gasteiger partial charge in [-0.1, -0.05) is 318 Å². The van der Waals surface area contributed by atoms with Gasteiger partial charge in [-0.3, -0.25) is 37.3 Å². The minimum absolute atomic E-state index is 0.106. The molecule has 0 aromatic heterocycles. The number of esters is 4. The zero-order valence-corrected chi connectivity index (χ0v) is 60.9. The molecule has 5 atom stereocenters. The van der Waals surface area contributed by atoms with Gasteiger partial charge in [0, 0.05) is 25.7 Å². The second-order valence-electron chi connectivity index (χ2n) is 26.9. The molecule has 540 valence electrons. The fourth-order valence-corrected chi connectivity index (χ4v) is 12.5. The predicted molar refractivity (Wildman–Crippen MR) is 368 cm³/mol. The van der Waals surface area contributed by atoms with Crippen molar-refractivity contribution in [2.75, 3.05) is 39.6 Å². The largest absolute Gasteiger partial charge is 0.472 e. The third kappa shape index (κ3) is 66.5. The first-order valence-electron chi connectivity index (χ1n) is 37.5. The molecular formula is C72H140O17P2. The number of hydrogen-bond donors (Lipinski definition) is 3. The van der Waals surface area contributed by atoms with Crippen molar-refractivity contribution in [3.05, 3.63) is 0 Å². The Morgan fingerprint density at radius 1 is 0.297 bits per heavy atom. The van der Waals surface area contributed by atoms with Gasteiger partial charge in [0.1, 0.15) is 19.3 Å². The standard InChI is InChI=1S/C72H140O17P2/c1-7-9-11-13-14-15-16-27-33-38-44-50-56-71(76)88-67(60-82-69(74)54-48-40-12-10-8-2)62-86-90(78,79)84-58-66(73)59-85-91(80,81)87-63-68(89-72(77)57-51-45-39-34-29-24-20-18-22-26-31-36-42-47-53-65(5)6)61-83-70(75)55-49-43-37-32-28-23-19-17-21-25-30-35-41-46-52-64(3)4/h64-68,73H,7-63H2,1-6H3,(H,78,79)(H,80,81)/t66-,67+,68+/m0/s1. The number of carbonyl (C=O) groups is 4. The van der Waals surface area contributed by atoms with Crippen LogP contribution in [0.3, 0.4) is 0 Å². The van der Waals surface area contributed by atoms with E-state index in [0.717, 1.165) is 108 Å². The lowest BCUT2D eigenvalue weighted by Crippen LogP contribution is -2.30. The van der Waals surface area contributed by atoms with Crippen molar-refractivity contribution in [2.24, 2.45) is 11.8 Å². The summed E-state index contributed by atoms with van der Waals surface area (Å²) in [6.07, 6.45) is 50.3. The zero-order valence-electron chi connectivity index (χ0n) is 59.1. The molecule has 0 aromatic carbocycles. The number of rotatable bonds is 71. The van der Waals surface area contributed by atoms with Gasteiger partial charge in [-0.25, -0.2) is 9.13 Å². The topological polar surface area (TPSA) is 237 Å². The zero-order chi connectivity index (χ0) is 67.2. The first kappa shape index (κ1) is 89.1. The summed E-state index contributed by atoms with van der Waals surface area (Å²) in [4.78, 5) is 72.4. The van der Waals surface area contributed by atoms with Crippen LogP contribution >= 0.6 is 15.6 Å². The van der Waals surface area contributed by atoms with Crippen LogP contribution in [0.4, 0.5) is 0 Å². The number of hydrogen-bond acceptors (Lipinski definition) is 15. The number of aliphatic hydroxyl groups excluding tert-OH is 1. The fraction of sp³-hybridized carbons (Fsp3) is 0.944. The molecule has 0 aliphatic carbocycles. The van der Waals surface area contributed by atoms with Crippen molar-refractivity contribution in [3.8, 4) is 0 Å². The average Bonchev–Trinajstić information content (AvgIpc) is 3.72. The molecule has 0 radical (unpaired) electrons. The van der Waals surface area contributed by atoms with E-state index < -0.39 is 97.5 Å². The number of aliphatic hydroxyl groups is 1. The van der Waals surface area contributed by atoms with Crippen molar-refractivity contribution in [2.45, 2.75) is 387 Å². The average molecular weight is 1340 g/mol. The molecule has 0 heterocycles. The molecule has 0 spiro atoms. The number of ether oxygens (including phenoxy) is 4. The summed E-state index contributed by atoms with van der Waals surface area (Å²) in [5, 5.41) is 10.6. The van der Waals surface area contributed by atoms with Gasteiger partial charge < -0.3 is 33.8 Å². The maximum atomic E-state index is 13.0. The van der Waals surface area contributed by atoms with E-state index in [0.29, 0.717) is 25.7 Å². The summed E-state index contributed by atoms with van der Waals surface area (Å²) in [6.45, 7) is 9.53. The molecule has 0 bridgehead atoms. The Balaban J connectivity index is 5.15. The van der Waals surface area contributed by atoms with Crippen LogP contribution in [0.25, 0.3) is 0 Å². The Kier molecular flexibility index (Phi) is 62.7. The molecule has 0 saturated heterocycles. The normalized spacial score (nSPS) is 14.1. The Labute approximate surface area is 556 Å². The molecule has 19 heteroatoms. The van der Waals surface area contributed by atoms with Crippen LogP contribution in [-0.2, 0) is 65.4 Å². The summed E-state index contributed by atoms with van der Waals surface area (Å²) >= 11 is 0. The molecule has 0 rings (SSSR count). The molecule has 0 amide bonds. The van der Waals surface area contributed by atoms with Crippen LogP contribution in [0.1, 0.15) is 369 Å². The number of unbranched alkanes of at least 4 members (excludes halogenated alkanes) is 41. The lowest BCUT2D eigenvalue weighted by Gasteiger charge is -2.21. The molecule has 17 nitrogen and oxygen atoms in total. The van der Waals surface area contributed by atoms with E-state index in [2.05, 4.69) is 41.5 Å². The first-order chi connectivity index (χ1) is 43.9. The van der Waals surface area contributed by atoms with Crippen molar-refractivity contribution in [3.63, 3.8) is 0 Å². The van der Waals surface area contributed by atoms with E-state index in [1.54, 1.807) is 0 Å². The van der Waals surface area contributed by atoms with E-state index in [9.17, 15) is 43.2 Å². The van der Waals surface area contributed by atoms with Crippen molar-refractivity contribution >= 4 is 39.5 Å². The summed E-state index contributed by atoms with van der Waals surface area (Å²) in [6, 6.07) is 0. The highest BCUT2D eigenvalue weighted by Crippen LogP contribution is 2.45. The molecule has 0 saturated carbocycles. The highest BCUT2D eigenvalue weighted by molar-refractivity contribution is 7.47. The van der Waals surface area contributed by atoms with Crippen LogP contribution in [0.2, 0.25) is 0 Å². The van der Waals surface area contributed by atoms with Crippen LogP contribution in [0, 0.1) is 11.8 Å². The predicted octanol–water partition coefficient (Wildman–Crippen LogP) is 20.8. The molecule has 3 N–H and O–H groups in total. The van der Waals surface area contributed by atoms with Crippen molar-refractivity contribution in [1.29, 1.82) is 0 Å². The monoisotopic (exact) mass is 1340 g/mol. The van der Waals surface area contributed by atoms with E-state index >= 15 is 0 Å². The Bertz CT molecular complexity index is 1770. The molecule has 0 aromatic rings. The van der Waals surface area contributed by atoms with Crippen LogP contribution in [-0.4, -0.2) is 96.7 Å². The number of phosphoric ester groups is 2. The van der Waals surface area contributed by atoms with Gasteiger partial charge >= 0.3 is 39.5 Å². The lowest BCUT2D eigenvalue weighted by atomic mass is 10.0. The summed E-state index contributed by atoms with van der Waals surface area (Å²) in [5.41, 5.74) is 0. The van der Waals surface area contributed by atoms with Gasteiger partial charge in [0.2, 0.25) is 0 Å². The lowest BCUT2D eigenvalue weighted by molar-refractivity contribution is -0.161. The SMILES string of the molecule is CCCCCCCCCCCCCCC(=O)O[C@H](COC(=O)CCCCCCC)COP(=O)(O)OC[C@H](O)COP(=O)(O)OC[C@@H](COC(=O)CCCCCCCCCCCCCCCCC(C)C)OC(=O)CCCCCCCCCCCCCCCCC(C)C. The van der Waals surface area contributed by atoms with E-state index in [1.165, 1.54) is 180 Å². The molecule has 2 unspecified atom stereocenters. The maximum absolute atomic E-state index is 13.0. The fourth-order valence-electron chi connectivity index (χ4n) is 10.9. The van der Waals surface area contributed by atoms with Gasteiger partial charge in [0.25, 0.3) is 0 Å². The summed E-state index contributed by atoms with van der Waals surface area (Å²) in [5.74, 6) is -0.537. The van der Waals surface area contributed by atoms with Crippen molar-refractivity contribution < 1.29 is 80.2 Å². The smallest absolute Gasteiger partial charge is 0.462 e. The second kappa shape index (κ2) is 64.1. The van der Waals surface area contributed by atoms with Gasteiger partial charge in [-0.05, 0) is 37.5 Å². The third-order valence-electron chi connectivity index (χ3n) is 16.7. The first-order valence-corrected chi connectivity index (χ1v) is 40.5. The molecule has 0 aliphatic heterocycles. The molecule has 0 fully saturated rings. The quantitative estimate of drug-likeness (QED) is 0.0222. The Hall–Kier alpha value is -1.94. The number of carbonyl (C=O) groups excluding carboxylic acids is 4. The van der Waals surface area contributed by atoms with Gasteiger partial charge in [0.15, 0.2) is 12.2 Å². The Morgan fingerprint density at radius 3 is 0.747 bits per heavy atom. The second-order valence-corrected chi connectivity index (χ2v) is 29.8. The Morgan fingerprint density at radius 2 is 0.505 bits per heavy atom.